The Hall–Kier alpha value is -2.13. The van der Waals surface area contributed by atoms with E-state index < -0.39 is 17.3 Å². The van der Waals surface area contributed by atoms with E-state index in [1.807, 2.05) is 0 Å². The van der Waals surface area contributed by atoms with Gasteiger partial charge in [-0.3, -0.25) is 4.79 Å². The summed E-state index contributed by atoms with van der Waals surface area (Å²) < 4.78 is 38.3. The molecule has 2 heterocycles. The van der Waals surface area contributed by atoms with Crippen molar-refractivity contribution in [3.05, 3.63) is 45.5 Å². The number of rotatable bonds is 4. The van der Waals surface area contributed by atoms with Crippen molar-refractivity contribution in [2.75, 3.05) is 11.9 Å². The van der Waals surface area contributed by atoms with Crippen molar-refractivity contribution in [3.63, 3.8) is 0 Å². The summed E-state index contributed by atoms with van der Waals surface area (Å²) >= 11 is 5.93. The summed E-state index contributed by atoms with van der Waals surface area (Å²) in [5, 5.41) is 15.4. The summed E-state index contributed by atoms with van der Waals surface area (Å²) in [5.74, 6) is -0.0911. The average molecular weight is 349 g/mol. The third-order valence-corrected chi connectivity index (χ3v) is 3.25. The van der Waals surface area contributed by atoms with Crippen LogP contribution in [-0.2, 0) is 6.18 Å². The molecular weight excluding hydrogens is 337 g/mol. The van der Waals surface area contributed by atoms with E-state index in [4.69, 9.17) is 16.7 Å². The fourth-order valence-corrected chi connectivity index (χ4v) is 1.87. The van der Waals surface area contributed by atoms with E-state index in [0.29, 0.717) is 6.20 Å². The lowest BCUT2D eigenvalue weighted by Crippen LogP contribution is -2.26. The Balaban J connectivity index is 2.38. The molecule has 2 aromatic heterocycles. The molecule has 2 rings (SSSR count). The van der Waals surface area contributed by atoms with Crippen LogP contribution in [0.3, 0.4) is 0 Å². The van der Waals surface area contributed by atoms with Crippen molar-refractivity contribution < 1.29 is 18.3 Å². The first-order valence-corrected chi connectivity index (χ1v) is 6.80. The van der Waals surface area contributed by atoms with Crippen LogP contribution in [0.5, 0.6) is 0 Å². The molecule has 0 radical (unpaired) electrons. The largest absolute Gasteiger partial charge is 0.417 e. The fourth-order valence-electron chi connectivity index (χ4n) is 1.69. The van der Waals surface area contributed by atoms with Crippen LogP contribution in [0, 0.1) is 0 Å². The second-order valence-electron chi connectivity index (χ2n) is 4.72. The van der Waals surface area contributed by atoms with Crippen LogP contribution < -0.4 is 10.9 Å². The number of alkyl halides is 3. The van der Waals surface area contributed by atoms with E-state index in [0.717, 1.165) is 16.8 Å². The van der Waals surface area contributed by atoms with Crippen LogP contribution in [-0.4, -0.2) is 32.5 Å². The zero-order chi connectivity index (χ0) is 17.2. The zero-order valence-electron chi connectivity index (χ0n) is 11.8. The number of aliphatic hydroxyl groups excluding tert-OH is 1. The number of aliphatic hydroxyl groups is 1. The Morgan fingerprint density at radius 2 is 2.09 bits per heavy atom. The van der Waals surface area contributed by atoms with E-state index >= 15 is 0 Å². The van der Waals surface area contributed by atoms with Crippen molar-refractivity contribution in [1.29, 1.82) is 0 Å². The highest BCUT2D eigenvalue weighted by atomic mass is 35.5. The zero-order valence-corrected chi connectivity index (χ0v) is 12.6. The predicted molar refractivity (Wildman–Crippen MR) is 77.8 cm³/mol. The molecule has 6 nitrogen and oxygen atoms in total. The van der Waals surface area contributed by atoms with Crippen LogP contribution in [0.2, 0.25) is 5.02 Å². The molecule has 0 unspecified atom stereocenters. The molecule has 124 valence electrons. The van der Waals surface area contributed by atoms with E-state index in [2.05, 4.69) is 15.4 Å². The maximum atomic E-state index is 12.5. The SMILES string of the molecule is C[C@@H](CO)Nc1cnn(-c2ccc(C(F)(F)F)cn2)c(=O)c1Cl. The Morgan fingerprint density at radius 1 is 1.39 bits per heavy atom. The van der Waals surface area contributed by atoms with Gasteiger partial charge in [0.1, 0.15) is 5.02 Å². The quantitative estimate of drug-likeness (QED) is 0.884. The van der Waals surface area contributed by atoms with Crippen LogP contribution in [0.25, 0.3) is 5.82 Å². The molecule has 0 aliphatic carbocycles. The highest BCUT2D eigenvalue weighted by Gasteiger charge is 2.30. The molecule has 0 fully saturated rings. The molecule has 10 heteroatoms. The lowest BCUT2D eigenvalue weighted by molar-refractivity contribution is -0.137. The lowest BCUT2D eigenvalue weighted by Gasteiger charge is -2.14. The minimum atomic E-state index is -4.52. The number of hydrogen-bond acceptors (Lipinski definition) is 5. The summed E-state index contributed by atoms with van der Waals surface area (Å²) in [6.45, 7) is 1.49. The molecule has 0 aromatic carbocycles. The second-order valence-corrected chi connectivity index (χ2v) is 5.10. The summed E-state index contributed by atoms with van der Waals surface area (Å²) in [7, 11) is 0. The molecule has 1 atom stereocenters. The monoisotopic (exact) mass is 348 g/mol. The maximum Gasteiger partial charge on any atom is 0.417 e. The first-order valence-electron chi connectivity index (χ1n) is 6.43. The Morgan fingerprint density at radius 3 is 2.61 bits per heavy atom. The van der Waals surface area contributed by atoms with Gasteiger partial charge in [0.25, 0.3) is 5.56 Å². The third kappa shape index (κ3) is 3.80. The van der Waals surface area contributed by atoms with Gasteiger partial charge in [0.05, 0.1) is 24.1 Å². The van der Waals surface area contributed by atoms with Crippen molar-refractivity contribution in [2.45, 2.75) is 19.1 Å². The highest BCUT2D eigenvalue weighted by molar-refractivity contribution is 6.32. The first-order chi connectivity index (χ1) is 10.7. The molecule has 0 saturated carbocycles. The van der Waals surface area contributed by atoms with Gasteiger partial charge in [-0.15, -0.1) is 0 Å². The molecule has 0 amide bonds. The van der Waals surface area contributed by atoms with E-state index in [-0.39, 0.29) is 29.2 Å². The molecule has 0 bridgehead atoms. The number of pyridine rings is 1. The molecule has 0 aliphatic heterocycles. The number of aromatic nitrogens is 3. The molecular formula is C13H12ClF3N4O2. The van der Waals surface area contributed by atoms with Gasteiger partial charge in [0.15, 0.2) is 5.82 Å². The van der Waals surface area contributed by atoms with Crippen molar-refractivity contribution in [1.82, 2.24) is 14.8 Å². The summed E-state index contributed by atoms with van der Waals surface area (Å²) in [6, 6.07) is 1.47. The maximum absolute atomic E-state index is 12.5. The molecule has 2 N–H and O–H groups in total. The van der Waals surface area contributed by atoms with Gasteiger partial charge >= 0.3 is 6.18 Å². The Bertz CT molecular complexity index is 746. The standard InChI is InChI=1S/C13H12ClF3N4O2/c1-7(6-22)20-9-5-19-21(12(23)11(9)14)10-3-2-8(4-18-10)13(15,16)17/h2-5,7,20,22H,6H2,1H3/t7-/m0/s1. The van der Waals surface area contributed by atoms with E-state index in [1.165, 1.54) is 6.20 Å². The van der Waals surface area contributed by atoms with Gasteiger partial charge in [-0.1, -0.05) is 11.6 Å². The molecule has 0 saturated heterocycles. The Labute approximate surface area is 133 Å². The second kappa shape index (κ2) is 6.55. The third-order valence-electron chi connectivity index (χ3n) is 2.89. The van der Waals surface area contributed by atoms with Gasteiger partial charge in [0.2, 0.25) is 0 Å². The Kier molecular flexibility index (Phi) is 4.90. The van der Waals surface area contributed by atoms with Crippen molar-refractivity contribution in [2.24, 2.45) is 0 Å². The molecule has 0 aliphatic rings. The minimum Gasteiger partial charge on any atom is -0.394 e. The fraction of sp³-hybridized carbons (Fsp3) is 0.308. The number of anilines is 1. The van der Waals surface area contributed by atoms with Gasteiger partial charge in [-0.25, -0.2) is 4.98 Å². The molecule has 2 aromatic rings. The summed E-state index contributed by atoms with van der Waals surface area (Å²) in [6.07, 6.45) is -2.68. The predicted octanol–water partition coefficient (Wildman–Crippen LogP) is 2.09. The van der Waals surface area contributed by atoms with E-state index in [9.17, 15) is 18.0 Å². The summed E-state index contributed by atoms with van der Waals surface area (Å²) in [5.41, 5.74) is -1.47. The van der Waals surface area contributed by atoms with Gasteiger partial charge in [-0.05, 0) is 19.1 Å². The molecule has 23 heavy (non-hydrogen) atoms. The first kappa shape index (κ1) is 17.2. The van der Waals surface area contributed by atoms with E-state index in [1.54, 1.807) is 6.92 Å². The van der Waals surface area contributed by atoms with Gasteiger partial charge in [-0.2, -0.15) is 23.0 Å². The van der Waals surface area contributed by atoms with Crippen LogP contribution in [0.15, 0.2) is 29.3 Å². The topological polar surface area (TPSA) is 80.0 Å². The number of nitrogens with one attached hydrogen (secondary N) is 1. The van der Waals surface area contributed by atoms with Crippen LogP contribution in [0.4, 0.5) is 18.9 Å². The number of hydrogen-bond donors (Lipinski definition) is 2. The highest BCUT2D eigenvalue weighted by Crippen LogP contribution is 2.28. The normalized spacial score (nSPS) is 13.0. The smallest absolute Gasteiger partial charge is 0.394 e. The van der Waals surface area contributed by atoms with Crippen molar-refractivity contribution >= 4 is 17.3 Å². The van der Waals surface area contributed by atoms with Gasteiger partial charge < -0.3 is 10.4 Å². The summed E-state index contributed by atoms with van der Waals surface area (Å²) in [4.78, 5) is 15.7. The lowest BCUT2D eigenvalue weighted by atomic mass is 10.3. The van der Waals surface area contributed by atoms with Crippen molar-refractivity contribution in [3.8, 4) is 5.82 Å². The van der Waals surface area contributed by atoms with Crippen LogP contribution in [0.1, 0.15) is 12.5 Å². The number of halogens is 4. The molecule has 0 spiro atoms. The number of nitrogens with zero attached hydrogens (tertiary/aromatic N) is 3. The van der Waals surface area contributed by atoms with Crippen LogP contribution >= 0.6 is 11.6 Å². The average Bonchev–Trinajstić information content (AvgIpc) is 2.51. The minimum absolute atomic E-state index is 0.0911. The van der Waals surface area contributed by atoms with Gasteiger partial charge in [0, 0.05) is 12.2 Å².